The molecule has 0 radical (unpaired) electrons. The first-order chi connectivity index (χ1) is 8.72. The molecule has 2 heterocycles. The average molecular weight is 240 g/mol. The molecule has 2 aromatic rings. The fraction of sp³-hybridized carbons (Fsp3) is 0.143. The van der Waals surface area contributed by atoms with Crippen molar-refractivity contribution in [1.29, 1.82) is 0 Å². The van der Waals surface area contributed by atoms with Crippen LogP contribution in [0.3, 0.4) is 0 Å². The maximum atomic E-state index is 11.1. The van der Waals surface area contributed by atoms with Gasteiger partial charge in [0.1, 0.15) is 0 Å². The van der Waals surface area contributed by atoms with E-state index in [0.29, 0.717) is 11.6 Å². The molecule has 0 saturated heterocycles. The van der Waals surface area contributed by atoms with E-state index >= 15 is 0 Å². The van der Waals surface area contributed by atoms with Crippen molar-refractivity contribution in [3.05, 3.63) is 42.1 Å². The minimum Gasteiger partial charge on any atom is -0.480 e. The second-order valence-corrected chi connectivity index (χ2v) is 4.27. The number of benzene rings is 1. The highest BCUT2D eigenvalue weighted by Gasteiger charge is 2.17. The number of carbonyl (C=O) groups excluding carboxylic acids is 1. The van der Waals surface area contributed by atoms with Gasteiger partial charge in [-0.1, -0.05) is 29.8 Å². The second kappa shape index (κ2) is 4.14. The molecule has 1 aromatic heterocycles. The Hall–Kier alpha value is -2.36. The molecule has 1 aliphatic heterocycles. The molecule has 1 aromatic carbocycles. The number of rotatable bonds is 1. The van der Waals surface area contributed by atoms with E-state index in [1.165, 1.54) is 5.56 Å². The van der Waals surface area contributed by atoms with Crippen LogP contribution in [0.2, 0.25) is 0 Å². The van der Waals surface area contributed by atoms with Gasteiger partial charge < -0.3 is 10.1 Å². The topological polar surface area (TPSA) is 51.2 Å². The number of amides is 1. The Kier molecular flexibility index (Phi) is 2.48. The average Bonchev–Trinajstić information content (AvgIpc) is 2.39. The van der Waals surface area contributed by atoms with E-state index in [4.69, 9.17) is 4.74 Å². The Morgan fingerprint density at radius 3 is 2.78 bits per heavy atom. The largest absolute Gasteiger partial charge is 0.480 e. The van der Waals surface area contributed by atoms with E-state index in [9.17, 15) is 4.79 Å². The summed E-state index contributed by atoms with van der Waals surface area (Å²) in [5, 5.41) is 2.67. The fourth-order valence-corrected chi connectivity index (χ4v) is 1.86. The number of nitrogens with zero attached hydrogens (tertiary/aromatic N) is 1. The maximum absolute atomic E-state index is 11.1. The molecule has 3 rings (SSSR count). The standard InChI is InChI=1S/C14H12N2O2/c1-9-2-4-10(5-3-9)11-6-12-14(15-7-11)16-13(17)8-18-12/h2-7H,8H2,1H3,(H,15,16,17). The molecule has 1 aliphatic rings. The van der Waals surface area contributed by atoms with Crippen LogP contribution in [0.5, 0.6) is 5.75 Å². The third-order valence-electron chi connectivity index (χ3n) is 2.85. The van der Waals surface area contributed by atoms with Crippen molar-refractivity contribution < 1.29 is 9.53 Å². The van der Waals surface area contributed by atoms with Crippen molar-refractivity contribution >= 4 is 11.7 Å². The van der Waals surface area contributed by atoms with Crippen LogP contribution in [0, 0.1) is 6.92 Å². The van der Waals surface area contributed by atoms with E-state index < -0.39 is 0 Å². The number of hydrogen-bond donors (Lipinski definition) is 1. The summed E-state index contributed by atoms with van der Waals surface area (Å²) in [5.74, 6) is 0.938. The van der Waals surface area contributed by atoms with Crippen molar-refractivity contribution in [2.45, 2.75) is 6.92 Å². The molecule has 90 valence electrons. The lowest BCUT2D eigenvalue weighted by Gasteiger charge is -2.17. The molecule has 18 heavy (non-hydrogen) atoms. The molecule has 4 nitrogen and oxygen atoms in total. The zero-order chi connectivity index (χ0) is 12.5. The van der Waals surface area contributed by atoms with Gasteiger partial charge in [-0.25, -0.2) is 4.98 Å². The molecule has 4 heteroatoms. The van der Waals surface area contributed by atoms with Gasteiger partial charge in [-0.2, -0.15) is 0 Å². The predicted octanol–water partition coefficient (Wildman–Crippen LogP) is 2.39. The second-order valence-electron chi connectivity index (χ2n) is 4.27. The van der Waals surface area contributed by atoms with Crippen molar-refractivity contribution in [3.8, 4) is 16.9 Å². The zero-order valence-corrected chi connectivity index (χ0v) is 9.93. The van der Waals surface area contributed by atoms with E-state index in [2.05, 4.69) is 22.4 Å². The van der Waals surface area contributed by atoms with Crippen LogP contribution < -0.4 is 10.1 Å². The summed E-state index contributed by atoms with van der Waals surface area (Å²) in [6, 6.07) is 10.1. The molecule has 0 bridgehead atoms. The predicted molar refractivity (Wildman–Crippen MR) is 68.5 cm³/mol. The first-order valence-corrected chi connectivity index (χ1v) is 5.72. The van der Waals surface area contributed by atoms with Crippen molar-refractivity contribution in [2.24, 2.45) is 0 Å². The third-order valence-corrected chi connectivity index (χ3v) is 2.85. The normalized spacial score (nSPS) is 13.5. The molecular weight excluding hydrogens is 228 g/mol. The summed E-state index contributed by atoms with van der Waals surface area (Å²) < 4.78 is 5.35. The smallest absolute Gasteiger partial charge is 0.263 e. The number of aromatic nitrogens is 1. The first kappa shape index (κ1) is 10.8. The molecule has 1 N–H and O–H groups in total. The fourth-order valence-electron chi connectivity index (χ4n) is 1.86. The highest BCUT2D eigenvalue weighted by molar-refractivity contribution is 5.94. The number of hydrogen-bond acceptors (Lipinski definition) is 3. The van der Waals surface area contributed by atoms with Gasteiger partial charge in [0.25, 0.3) is 5.91 Å². The van der Waals surface area contributed by atoms with Crippen molar-refractivity contribution in [3.63, 3.8) is 0 Å². The zero-order valence-electron chi connectivity index (χ0n) is 9.93. The lowest BCUT2D eigenvalue weighted by atomic mass is 10.1. The van der Waals surface area contributed by atoms with Gasteiger partial charge >= 0.3 is 0 Å². The van der Waals surface area contributed by atoms with E-state index in [1.54, 1.807) is 6.20 Å². The van der Waals surface area contributed by atoms with Gasteiger partial charge in [0.2, 0.25) is 0 Å². The Morgan fingerprint density at radius 1 is 1.22 bits per heavy atom. The van der Waals surface area contributed by atoms with Gasteiger partial charge in [0.15, 0.2) is 18.2 Å². The van der Waals surface area contributed by atoms with Gasteiger partial charge in [-0.3, -0.25) is 4.79 Å². The van der Waals surface area contributed by atoms with Crippen LogP contribution in [0.4, 0.5) is 5.82 Å². The monoisotopic (exact) mass is 240 g/mol. The Bertz CT molecular complexity index is 606. The van der Waals surface area contributed by atoms with E-state index in [-0.39, 0.29) is 12.5 Å². The summed E-state index contributed by atoms with van der Waals surface area (Å²) in [7, 11) is 0. The molecule has 0 fully saturated rings. The SMILES string of the molecule is Cc1ccc(-c2cnc3c(c2)OCC(=O)N3)cc1. The lowest BCUT2D eigenvalue weighted by Crippen LogP contribution is -2.26. The molecule has 0 aliphatic carbocycles. The first-order valence-electron chi connectivity index (χ1n) is 5.72. The molecule has 0 unspecified atom stereocenters. The van der Waals surface area contributed by atoms with Crippen LogP contribution in [0.15, 0.2) is 36.5 Å². The Balaban J connectivity index is 1.99. The minimum atomic E-state index is -0.168. The number of anilines is 1. The van der Waals surface area contributed by atoms with Crippen LogP contribution in [0.1, 0.15) is 5.56 Å². The summed E-state index contributed by atoms with van der Waals surface area (Å²) >= 11 is 0. The third kappa shape index (κ3) is 1.93. The number of carbonyl (C=O) groups is 1. The van der Waals surface area contributed by atoms with E-state index in [0.717, 1.165) is 11.1 Å². The molecule has 1 amide bonds. The number of ether oxygens (including phenoxy) is 1. The summed E-state index contributed by atoms with van der Waals surface area (Å²) in [4.78, 5) is 15.4. The van der Waals surface area contributed by atoms with Crippen molar-refractivity contribution in [1.82, 2.24) is 4.98 Å². The Labute approximate surface area is 105 Å². The van der Waals surface area contributed by atoms with Crippen molar-refractivity contribution in [2.75, 3.05) is 11.9 Å². The van der Waals surface area contributed by atoms with Crippen LogP contribution in [-0.4, -0.2) is 17.5 Å². The van der Waals surface area contributed by atoms with Gasteiger partial charge in [0.05, 0.1) is 0 Å². The number of nitrogens with one attached hydrogen (secondary N) is 1. The van der Waals surface area contributed by atoms with Crippen LogP contribution in [-0.2, 0) is 4.79 Å². The van der Waals surface area contributed by atoms with E-state index in [1.807, 2.05) is 25.1 Å². The van der Waals surface area contributed by atoms with Gasteiger partial charge in [-0.05, 0) is 18.6 Å². The number of fused-ring (bicyclic) bond motifs is 1. The molecule has 0 atom stereocenters. The van der Waals surface area contributed by atoms with Crippen LogP contribution >= 0.6 is 0 Å². The molecule has 0 spiro atoms. The number of pyridine rings is 1. The maximum Gasteiger partial charge on any atom is 0.263 e. The van der Waals surface area contributed by atoms with Crippen LogP contribution in [0.25, 0.3) is 11.1 Å². The lowest BCUT2D eigenvalue weighted by molar-refractivity contribution is -0.118. The molecule has 0 saturated carbocycles. The Morgan fingerprint density at radius 2 is 2.00 bits per heavy atom. The summed E-state index contributed by atoms with van der Waals surface area (Å²) in [6.45, 7) is 2.10. The summed E-state index contributed by atoms with van der Waals surface area (Å²) in [6.07, 6.45) is 1.73. The summed E-state index contributed by atoms with van der Waals surface area (Å²) in [5.41, 5.74) is 3.27. The highest BCUT2D eigenvalue weighted by atomic mass is 16.5. The van der Waals surface area contributed by atoms with Gasteiger partial charge in [-0.15, -0.1) is 0 Å². The highest BCUT2D eigenvalue weighted by Crippen LogP contribution is 2.30. The number of aryl methyl sites for hydroxylation is 1. The molecular formula is C14H12N2O2. The minimum absolute atomic E-state index is 0.0476. The van der Waals surface area contributed by atoms with Gasteiger partial charge in [0, 0.05) is 11.8 Å². The quantitative estimate of drug-likeness (QED) is 0.832.